The van der Waals surface area contributed by atoms with Gasteiger partial charge in [-0.1, -0.05) is 11.3 Å². The van der Waals surface area contributed by atoms with Crippen molar-refractivity contribution in [3.05, 3.63) is 53.6 Å². The molecule has 4 aromatic rings. The van der Waals surface area contributed by atoms with Crippen LogP contribution < -0.4 is 9.47 Å². The lowest BCUT2D eigenvalue weighted by molar-refractivity contribution is 0.353. The van der Waals surface area contributed by atoms with Crippen LogP contribution in [0, 0.1) is 5.82 Å². The second kappa shape index (κ2) is 8.45. The molecular weight excluding hydrogens is 457 g/mol. The molecule has 0 amide bonds. The van der Waals surface area contributed by atoms with Gasteiger partial charge in [0.1, 0.15) is 10.8 Å². The van der Waals surface area contributed by atoms with Crippen LogP contribution in [0.15, 0.2) is 41.3 Å². The van der Waals surface area contributed by atoms with Crippen molar-refractivity contribution in [2.45, 2.75) is 11.3 Å². The van der Waals surface area contributed by atoms with Crippen LogP contribution in [0.2, 0.25) is 0 Å². The molecule has 0 saturated heterocycles. The molecular formula is C20H20FN5O4S2. The number of halogens is 1. The molecule has 0 radical (unpaired) electrons. The predicted octanol–water partition coefficient (Wildman–Crippen LogP) is 2.85. The predicted molar refractivity (Wildman–Crippen MR) is 117 cm³/mol. The number of fused-ring (bicyclic) bond motifs is 1. The molecule has 0 fully saturated rings. The lowest BCUT2D eigenvalue weighted by atomic mass is 10.1. The quantitative estimate of drug-likeness (QED) is 0.404. The van der Waals surface area contributed by atoms with Gasteiger partial charge in [-0.3, -0.25) is 0 Å². The Morgan fingerprint density at radius 1 is 1.06 bits per heavy atom. The molecule has 0 N–H and O–H groups in total. The van der Waals surface area contributed by atoms with E-state index in [2.05, 4.69) is 15.3 Å². The highest BCUT2D eigenvalue weighted by atomic mass is 32.2. The first kappa shape index (κ1) is 22.1. The fraction of sp³-hybridized carbons (Fsp3) is 0.250. The first-order valence-electron chi connectivity index (χ1n) is 9.39. The van der Waals surface area contributed by atoms with Gasteiger partial charge in [0.2, 0.25) is 15.0 Å². The number of sulfonamides is 1. The minimum atomic E-state index is -3.78. The molecule has 4 rings (SSSR count). The van der Waals surface area contributed by atoms with Crippen LogP contribution in [0.3, 0.4) is 0 Å². The van der Waals surface area contributed by atoms with Crippen LogP contribution in [0.25, 0.3) is 15.5 Å². The van der Waals surface area contributed by atoms with Gasteiger partial charge in [0.05, 0.1) is 19.1 Å². The van der Waals surface area contributed by atoms with Gasteiger partial charge in [-0.15, -0.1) is 10.2 Å². The van der Waals surface area contributed by atoms with E-state index in [0.717, 1.165) is 9.87 Å². The van der Waals surface area contributed by atoms with Crippen molar-refractivity contribution in [2.75, 3.05) is 28.3 Å². The van der Waals surface area contributed by atoms with Crippen LogP contribution in [0.1, 0.15) is 11.4 Å². The Hall–Kier alpha value is -3.09. The molecule has 0 aliphatic carbocycles. The number of rotatable bonds is 7. The first-order chi connectivity index (χ1) is 15.2. The minimum Gasteiger partial charge on any atom is -0.493 e. The Kier molecular flexibility index (Phi) is 5.84. The summed E-state index contributed by atoms with van der Waals surface area (Å²) in [5.74, 6) is 0.814. The number of aromatic nitrogens is 4. The van der Waals surface area contributed by atoms with E-state index in [0.29, 0.717) is 32.9 Å². The Bertz CT molecular complexity index is 1380. The van der Waals surface area contributed by atoms with Crippen LogP contribution in [0.4, 0.5) is 4.39 Å². The molecule has 0 saturated carbocycles. The van der Waals surface area contributed by atoms with E-state index in [9.17, 15) is 12.8 Å². The highest BCUT2D eigenvalue weighted by molar-refractivity contribution is 7.89. The number of benzene rings is 2. The van der Waals surface area contributed by atoms with E-state index in [-0.39, 0.29) is 17.1 Å². The normalized spacial score (nSPS) is 11.9. The lowest BCUT2D eigenvalue weighted by Gasteiger charge is -2.17. The maximum Gasteiger partial charge on any atom is 0.242 e. The Labute approximate surface area is 188 Å². The molecule has 2 heterocycles. The zero-order chi connectivity index (χ0) is 23.0. The van der Waals surface area contributed by atoms with Gasteiger partial charge in [-0.05, 0) is 35.9 Å². The molecule has 2 aromatic heterocycles. The second-order valence-electron chi connectivity index (χ2n) is 7.00. The van der Waals surface area contributed by atoms with Crippen molar-refractivity contribution >= 4 is 26.3 Å². The summed E-state index contributed by atoms with van der Waals surface area (Å²) >= 11 is 1.30. The van der Waals surface area contributed by atoms with Crippen LogP contribution >= 0.6 is 11.3 Å². The zero-order valence-electron chi connectivity index (χ0n) is 17.7. The van der Waals surface area contributed by atoms with Crippen LogP contribution in [0.5, 0.6) is 11.5 Å². The van der Waals surface area contributed by atoms with E-state index >= 15 is 0 Å². The number of methoxy groups -OCH3 is 2. The monoisotopic (exact) mass is 477 g/mol. The molecule has 0 aliphatic heterocycles. The molecule has 168 valence electrons. The molecule has 2 aromatic carbocycles. The smallest absolute Gasteiger partial charge is 0.242 e. The average Bonchev–Trinajstić information content (AvgIpc) is 3.35. The minimum absolute atomic E-state index is 0.0749. The Morgan fingerprint density at radius 2 is 1.72 bits per heavy atom. The number of hydrogen-bond acceptors (Lipinski definition) is 8. The molecule has 9 nitrogen and oxygen atoms in total. The average molecular weight is 478 g/mol. The van der Waals surface area contributed by atoms with Crippen molar-refractivity contribution in [1.29, 1.82) is 0 Å². The van der Waals surface area contributed by atoms with Gasteiger partial charge in [0.15, 0.2) is 17.3 Å². The SMILES string of the molecule is COc1cc(Cc2nnc3sc(-c4ccc(F)cc4)nn23)c(S(=O)(=O)N(C)C)cc1OC. The van der Waals surface area contributed by atoms with Gasteiger partial charge in [-0.25, -0.2) is 17.1 Å². The largest absolute Gasteiger partial charge is 0.493 e. The van der Waals surface area contributed by atoms with E-state index in [1.807, 2.05) is 0 Å². The van der Waals surface area contributed by atoms with Gasteiger partial charge in [0, 0.05) is 32.1 Å². The van der Waals surface area contributed by atoms with E-state index in [1.165, 1.54) is 57.9 Å². The number of hydrogen-bond donors (Lipinski definition) is 0. The standard InChI is InChI=1S/C20H20FN5O4S2/c1-25(2)32(27,28)17-11-16(30-4)15(29-3)9-13(17)10-18-22-23-20-26(18)24-19(31-20)12-5-7-14(21)8-6-12/h5-9,11H,10H2,1-4H3. The highest BCUT2D eigenvalue weighted by Gasteiger charge is 2.26. The zero-order valence-corrected chi connectivity index (χ0v) is 19.4. The fourth-order valence-corrected chi connectivity index (χ4v) is 5.10. The molecule has 0 atom stereocenters. The van der Waals surface area contributed by atoms with Crippen LogP contribution in [-0.4, -0.2) is 60.8 Å². The van der Waals surface area contributed by atoms with Gasteiger partial charge >= 0.3 is 0 Å². The summed E-state index contributed by atoms with van der Waals surface area (Å²) in [6.45, 7) is 0. The summed E-state index contributed by atoms with van der Waals surface area (Å²) in [5.41, 5.74) is 1.21. The summed E-state index contributed by atoms with van der Waals surface area (Å²) in [7, 11) is 2.06. The van der Waals surface area contributed by atoms with Crippen molar-refractivity contribution in [1.82, 2.24) is 24.1 Å². The topological polar surface area (TPSA) is 98.9 Å². The molecule has 0 unspecified atom stereocenters. The first-order valence-corrected chi connectivity index (χ1v) is 11.6. The van der Waals surface area contributed by atoms with Gasteiger partial charge in [0.25, 0.3) is 0 Å². The summed E-state index contributed by atoms with van der Waals surface area (Å²) in [5, 5.41) is 13.5. The van der Waals surface area contributed by atoms with E-state index in [1.54, 1.807) is 22.7 Å². The van der Waals surface area contributed by atoms with Gasteiger partial charge < -0.3 is 9.47 Å². The Balaban J connectivity index is 1.80. The summed E-state index contributed by atoms with van der Waals surface area (Å²) in [6, 6.07) is 9.05. The second-order valence-corrected chi connectivity index (χ2v) is 10.1. The Morgan fingerprint density at radius 3 is 2.34 bits per heavy atom. The summed E-state index contributed by atoms with van der Waals surface area (Å²) in [4.78, 5) is 0.614. The maximum absolute atomic E-state index is 13.2. The molecule has 32 heavy (non-hydrogen) atoms. The third kappa shape index (κ3) is 3.92. The molecule has 12 heteroatoms. The highest BCUT2D eigenvalue weighted by Crippen LogP contribution is 2.35. The summed E-state index contributed by atoms with van der Waals surface area (Å²) < 4.78 is 52.5. The van der Waals surface area contributed by atoms with E-state index in [4.69, 9.17) is 9.47 Å². The fourth-order valence-electron chi connectivity index (χ4n) is 3.12. The van der Waals surface area contributed by atoms with Crippen molar-refractivity contribution in [2.24, 2.45) is 0 Å². The molecule has 0 aliphatic rings. The van der Waals surface area contributed by atoms with Crippen molar-refractivity contribution in [3.63, 3.8) is 0 Å². The lowest BCUT2D eigenvalue weighted by Crippen LogP contribution is -2.23. The third-order valence-electron chi connectivity index (χ3n) is 4.82. The molecule has 0 spiro atoms. The van der Waals surface area contributed by atoms with E-state index < -0.39 is 10.0 Å². The maximum atomic E-state index is 13.2. The third-order valence-corrected chi connectivity index (χ3v) is 7.67. The number of nitrogens with zero attached hydrogens (tertiary/aromatic N) is 5. The van der Waals surface area contributed by atoms with Crippen molar-refractivity contribution < 1.29 is 22.3 Å². The van der Waals surface area contributed by atoms with Crippen molar-refractivity contribution in [3.8, 4) is 22.1 Å². The van der Waals surface area contributed by atoms with Crippen LogP contribution in [-0.2, 0) is 16.4 Å². The molecule has 0 bridgehead atoms. The summed E-state index contributed by atoms with van der Waals surface area (Å²) in [6.07, 6.45) is 0.135. The van der Waals surface area contributed by atoms with Gasteiger partial charge in [-0.2, -0.15) is 9.61 Å². The number of ether oxygens (including phenoxy) is 2.